The Labute approximate surface area is 96.9 Å². The van der Waals surface area contributed by atoms with E-state index in [9.17, 15) is 5.11 Å². The Bertz CT molecular complexity index is 305. The molecule has 3 heteroatoms. The van der Waals surface area contributed by atoms with Crippen LogP contribution in [-0.4, -0.2) is 30.3 Å². The van der Waals surface area contributed by atoms with Crippen molar-refractivity contribution in [3.63, 3.8) is 0 Å². The van der Waals surface area contributed by atoms with E-state index in [0.29, 0.717) is 6.54 Å². The molecule has 0 saturated carbocycles. The highest BCUT2D eigenvalue weighted by Gasteiger charge is 2.27. The smallest absolute Gasteiger partial charge is 0.0831 e. The molecule has 3 N–H and O–H groups in total. The van der Waals surface area contributed by atoms with Gasteiger partial charge in [0.05, 0.1) is 5.60 Å². The van der Waals surface area contributed by atoms with Crippen LogP contribution >= 0.6 is 0 Å². The first-order valence-corrected chi connectivity index (χ1v) is 6.01. The number of benzene rings is 1. The van der Waals surface area contributed by atoms with E-state index in [0.717, 1.165) is 38.0 Å². The average molecular weight is 220 g/mol. The van der Waals surface area contributed by atoms with E-state index in [2.05, 4.69) is 10.6 Å². The van der Waals surface area contributed by atoms with Crippen LogP contribution in [0.25, 0.3) is 0 Å². The summed E-state index contributed by atoms with van der Waals surface area (Å²) in [4.78, 5) is 0. The second-order valence-electron chi connectivity index (χ2n) is 4.55. The lowest BCUT2D eigenvalue weighted by Crippen LogP contribution is -2.37. The topological polar surface area (TPSA) is 44.3 Å². The van der Waals surface area contributed by atoms with Crippen LogP contribution in [0.4, 0.5) is 5.69 Å². The fraction of sp³-hybridized carbons (Fsp3) is 0.538. The summed E-state index contributed by atoms with van der Waals surface area (Å²) in [6.07, 6.45) is 2.75. The minimum absolute atomic E-state index is 0.556. The predicted octanol–water partition coefficient (Wildman–Crippen LogP) is 1.60. The molecule has 0 radical (unpaired) electrons. The van der Waals surface area contributed by atoms with Gasteiger partial charge in [0, 0.05) is 12.2 Å². The van der Waals surface area contributed by atoms with E-state index in [-0.39, 0.29) is 0 Å². The number of rotatable bonds is 3. The summed E-state index contributed by atoms with van der Waals surface area (Å²) in [7, 11) is 0. The summed E-state index contributed by atoms with van der Waals surface area (Å²) in [6, 6.07) is 10.0. The molecule has 1 aromatic rings. The lowest BCUT2D eigenvalue weighted by Gasteiger charge is -2.27. The molecule has 1 unspecified atom stereocenters. The fourth-order valence-electron chi connectivity index (χ4n) is 2.11. The zero-order valence-corrected chi connectivity index (χ0v) is 9.58. The molecule has 1 aliphatic rings. The molecule has 1 saturated heterocycles. The van der Waals surface area contributed by atoms with Gasteiger partial charge >= 0.3 is 0 Å². The summed E-state index contributed by atoms with van der Waals surface area (Å²) in [5, 5.41) is 17.0. The van der Waals surface area contributed by atoms with Crippen molar-refractivity contribution in [2.75, 3.05) is 25.0 Å². The Morgan fingerprint density at radius 3 is 2.81 bits per heavy atom. The maximum Gasteiger partial charge on any atom is 0.0831 e. The lowest BCUT2D eigenvalue weighted by molar-refractivity contribution is 0.0414. The van der Waals surface area contributed by atoms with Gasteiger partial charge in [-0.3, -0.25) is 0 Å². The molecule has 0 amide bonds. The number of aliphatic hydroxyl groups is 1. The van der Waals surface area contributed by atoms with Gasteiger partial charge in [-0.15, -0.1) is 0 Å². The largest absolute Gasteiger partial charge is 0.388 e. The van der Waals surface area contributed by atoms with E-state index < -0.39 is 5.60 Å². The lowest BCUT2D eigenvalue weighted by atomic mass is 9.95. The van der Waals surface area contributed by atoms with Gasteiger partial charge in [-0.25, -0.2) is 0 Å². The van der Waals surface area contributed by atoms with Gasteiger partial charge in [0.25, 0.3) is 0 Å². The van der Waals surface area contributed by atoms with Crippen molar-refractivity contribution in [1.82, 2.24) is 5.32 Å². The molecule has 88 valence electrons. The molecular weight excluding hydrogens is 200 g/mol. The molecule has 1 aromatic carbocycles. The normalized spacial score (nSPS) is 26.1. The predicted molar refractivity (Wildman–Crippen MR) is 66.6 cm³/mol. The number of hydrogen-bond donors (Lipinski definition) is 3. The third kappa shape index (κ3) is 3.22. The molecule has 2 rings (SSSR count). The van der Waals surface area contributed by atoms with Gasteiger partial charge in [0.15, 0.2) is 0 Å². The highest BCUT2D eigenvalue weighted by molar-refractivity contribution is 5.42. The van der Waals surface area contributed by atoms with E-state index in [1.165, 1.54) is 0 Å². The number of para-hydroxylation sites is 1. The van der Waals surface area contributed by atoms with Gasteiger partial charge in [-0.05, 0) is 44.5 Å². The summed E-state index contributed by atoms with van der Waals surface area (Å²) < 4.78 is 0. The summed E-state index contributed by atoms with van der Waals surface area (Å²) in [5.74, 6) is 0. The zero-order valence-electron chi connectivity index (χ0n) is 9.58. The molecule has 1 fully saturated rings. The minimum atomic E-state index is -0.556. The van der Waals surface area contributed by atoms with Crippen LogP contribution in [0.2, 0.25) is 0 Å². The number of nitrogens with one attached hydrogen (secondary N) is 2. The fourth-order valence-corrected chi connectivity index (χ4v) is 2.11. The van der Waals surface area contributed by atoms with E-state index >= 15 is 0 Å². The molecule has 0 aliphatic carbocycles. The van der Waals surface area contributed by atoms with Crippen LogP contribution in [0.5, 0.6) is 0 Å². The highest BCUT2D eigenvalue weighted by Crippen LogP contribution is 2.20. The first-order chi connectivity index (χ1) is 7.79. The molecule has 0 spiro atoms. The maximum atomic E-state index is 10.4. The third-order valence-electron chi connectivity index (χ3n) is 3.16. The molecule has 1 atom stereocenters. The van der Waals surface area contributed by atoms with E-state index in [1.807, 2.05) is 30.3 Å². The van der Waals surface area contributed by atoms with E-state index in [1.54, 1.807) is 0 Å². The van der Waals surface area contributed by atoms with Crippen LogP contribution in [-0.2, 0) is 0 Å². The molecule has 0 bridgehead atoms. The van der Waals surface area contributed by atoms with Crippen LogP contribution in [0, 0.1) is 0 Å². The second-order valence-corrected chi connectivity index (χ2v) is 4.55. The number of anilines is 1. The average Bonchev–Trinajstić information content (AvgIpc) is 2.54. The monoisotopic (exact) mass is 220 g/mol. The van der Waals surface area contributed by atoms with Crippen molar-refractivity contribution in [2.45, 2.75) is 24.9 Å². The van der Waals surface area contributed by atoms with E-state index in [4.69, 9.17) is 0 Å². The molecule has 0 aromatic heterocycles. The molecule has 1 heterocycles. The van der Waals surface area contributed by atoms with Gasteiger partial charge < -0.3 is 15.7 Å². The molecule has 16 heavy (non-hydrogen) atoms. The van der Waals surface area contributed by atoms with Crippen molar-refractivity contribution in [3.05, 3.63) is 30.3 Å². The summed E-state index contributed by atoms with van der Waals surface area (Å²) in [5.41, 5.74) is 0.521. The minimum Gasteiger partial charge on any atom is -0.388 e. The van der Waals surface area contributed by atoms with Gasteiger partial charge in [-0.1, -0.05) is 18.2 Å². The second kappa shape index (κ2) is 5.32. The molecule has 3 nitrogen and oxygen atoms in total. The van der Waals surface area contributed by atoms with Crippen molar-refractivity contribution in [3.8, 4) is 0 Å². The summed E-state index contributed by atoms with van der Waals surface area (Å²) >= 11 is 0. The van der Waals surface area contributed by atoms with Gasteiger partial charge in [-0.2, -0.15) is 0 Å². The standard InChI is InChI=1S/C13H20N2O/c16-13(7-4-9-14-10-8-13)11-15-12-5-2-1-3-6-12/h1-3,5-6,14-16H,4,7-11H2. The van der Waals surface area contributed by atoms with Gasteiger partial charge in [0.1, 0.15) is 0 Å². The van der Waals surface area contributed by atoms with Crippen molar-refractivity contribution in [2.24, 2.45) is 0 Å². The number of hydrogen-bond acceptors (Lipinski definition) is 3. The Morgan fingerprint density at radius 2 is 2.00 bits per heavy atom. The molecular formula is C13H20N2O. The Kier molecular flexibility index (Phi) is 3.80. The Balaban J connectivity index is 1.88. The van der Waals surface area contributed by atoms with Crippen molar-refractivity contribution < 1.29 is 5.11 Å². The zero-order chi connectivity index (χ0) is 11.3. The quantitative estimate of drug-likeness (QED) is 0.725. The highest BCUT2D eigenvalue weighted by atomic mass is 16.3. The third-order valence-corrected chi connectivity index (χ3v) is 3.16. The van der Waals surface area contributed by atoms with Crippen molar-refractivity contribution in [1.29, 1.82) is 0 Å². The van der Waals surface area contributed by atoms with Gasteiger partial charge in [0.2, 0.25) is 0 Å². The van der Waals surface area contributed by atoms with Crippen LogP contribution < -0.4 is 10.6 Å². The van der Waals surface area contributed by atoms with Crippen LogP contribution in [0.15, 0.2) is 30.3 Å². The summed E-state index contributed by atoms with van der Waals surface area (Å²) in [6.45, 7) is 2.57. The van der Waals surface area contributed by atoms with Crippen LogP contribution in [0.3, 0.4) is 0 Å². The van der Waals surface area contributed by atoms with Crippen molar-refractivity contribution >= 4 is 5.69 Å². The first kappa shape index (κ1) is 11.4. The first-order valence-electron chi connectivity index (χ1n) is 6.01. The Morgan fingerprint density at radius 1 is 1.19 bits per heavy atom. The molecule has 1 aliphatic heterocycles. The SMILES string of the molecule is OC1(CNc2ccccc2)CCCNCC1. The van der Waals surface area contributed by atoms with Crippen LogP contribution in [0.1, 0.15) is 19.3 Å². The Hall–Kier alpha value is -1.06. The maximum absolute atomic E-state index is 10.4.